The predicted molar refractivity (Wildman–Crippen MR) is 74.7 cm³/mol. The lowest BCUT2D eigenvalue weighted by Gasteiger charge is -2.30. The molecular formula is C15H23FN2O. The average Bonchev–Trinajstić information content (AvgIpc) is 2.43. The molecule has 106 valence electrons. The molecule has 1 aromatic rings. The summed E-state index contributed by atoms with van der Waals surface area (Å²) in [6.45, 7) is 5.90. The van der Waals surface area contributed by atoms with Crippen molar-refractivity contribution < 1.29 is 9.50 Å². The molecule has 1 atom stereocenters. The van der Waals surface area contributed by atoms with Gasteiger partial charge in [-0.25, -0.2) is 4.39 Å². The Hall–Kier alpha value is -1.13. The number of piperidine rings is 1. The molecule has 0 aliphatic carbocycles. The Labute approximate surface area is 114 Å². The maximum absolute atomic E-state index is 13.3. The van der Waals surface area contributed by atoms with E-state index < -0.39 is 5.82 Å². The molecular weight excluding hydrogens is 243 g/mol. The molecule has 1 aromatic carbocycles. The van der Waals surface area contributed by atoms with E-state index in [0.717, 1.165) is 31.7 Å². The minimum atomic E-state index is -0.538. The van der Waals surface area contributed by atoms with E-state index in [1.54, 1.807) is 6.07 Å². The standard InChI is InChI=1S/C15H23FN2O/c1-2-18(11-13-5-3-4-8-17-13)10-12-6-7-15(19)14(16)9-12/h6-7,9,13,17,19H,2-5,8,10-11H2,1H3. The number of likely N-dealkylation sites (N-methyl/N-ethyl adjacent to an activating group) is 1. The Morgan fingerprint density at radius 3 is 2.89 bits per heavy atom. The second kappa shape index (κ2) is 6.87. The van der Waals surface area contributed by atoms with E-state index in [2.05, 4.69) is 17.1 Å². The van der Waals surface area contributed by atoms with Gasteiger partial charge in [0.2, 0.25) is 0 Å². The predicted octanol–water partition coefficient (Wildman–Crippen LogP) is 2.50. The lowest BCUT2D eigenvalue weighted by Crippen LogP contribution is -2.43. The van der Waals surface area contributed by atoms with E-state index in [0.29, 0.717) is 6.04 Å². The summed E-state index contributed by atoms with van der Waals surface area (Å²) in [5.41, 5.74) is 0.910. The molecule has 2 rings (SSSR count). The molecule has 1 fully saturated rings. The summed E-state index contributed by atoms with van der Waals surface area (Å²) in [7, 11) is 0. The SMILES string of the molecule is CCN(Cc1ccc(O)c(F)c1)CC1CCCCN1. The average molecular weight is 266 g/mol. The van der Waals surface area contributed by atoms with Gasteiger partial charge in [-0.1, -0.05) is 19.4 Å². The van der Waals surface area contributed by atoms with Gasteiger partial charge in [-0.15, -0.1) is 0 Å². The van der Waals surface area contributed by atoms with E-state index in [-0.39, 0.29) is 5.75 Å². The van der Waals surface area contributed by atoms with Crippen molar-refractivity contribution in [3.8, 4) is 5.75 Å². The third-order valence-electron chi connectivity index (χ3n) is 3.76. The number of nitrogens with one attached hydrogen (secondary N) is 1. The zero-order valence-electron chi connectivity index (χ0n) is 11.5. The van der Waals surface area contributed by atoms with Crippen LogP contribution >= 0.6 is 0 Å². The number of hydrogen-bond donors (Lipinski definition) is 2. The quantitative estimate of drug-likeness (QED) is 0.859. The van der Waals surface area contributed by atoms with Gasteiger partial charge in [0, 0.05) is 19.1 Å². The van der Waals surface area contributed by atoms with Crippen molar-refractivity contribution >= 4 is 0 Å². The van der Waals surface area contributed by atoms with Gasteiger partial charge in [-0.05, 0) is 43.6 Å². The molecule has 19 heavy (non-hydrogen) atoms. The highest BCUT2D eigenvalue weighted by molar-refractivity contribution is 5.27. The Bertz CT molecular complexity index is 405. The van der Waals surface area contributed by atoms with Crippen LogP contribution in [-0.2, 0) is 6.54 Å². The molecule has 1 heterocycles. The van der Waals surface area contributed by atoms with Gasteiger partial charge in [-0.2, -0.15) is 0 Å². The molecule has 0 amide bonds. The third kappa shape index (κ3) is 4.18. The lowest BCUT2D eigenvalue weighted by atomic mass is 10.0. The Kier molecular flexibility index (Phi) is 5.16. The van der Waals surface area contributed by atoms with Crippen molar-refractivity contribution in [2.75, 3.05) is 19.6 Å². The molecule has 1 aliphatic heterocycles. The third-order valence-corrected chi connectivity index (χ3v) is 3.76. The monoisotopic (exact) mass is 266 g/mol. The molecule has 0 saturated carbocycles. The van der Waals surface area contributed by atoms with Crippen LogP contribution in [0.5, 0.6) is 5.75 Å². The Morgan fingerprint density at radius 2 is 2.26 bits per heavy atom. The Morgan fingerprint density at radius 1 is 1.42 bits per heavy atom. The van der Waals surface area contributed by atoms with E-state index in [4.69, 9.17) is 0 Å². The lowest BCUT2D eigenvalue weighted by molar-refractivity contribution is 0.226. The van der Waals surface area contributed by atoms with E-state index in [1.807, 2.05) is 0 Å². The molecule has 0 bridgehead atoms. The minimum absolute atomic E-state index is 0.277. The molecule has 0 radical (unpaired) electrons. The van der Waals surface area contributed by atoms with Crippen LogP contribution in [0.3, 0.4) is 0 Å². The highest BCUT2D eigenvalue weighted by Gasteiger charge is 2.16. The van der Waals surface area contributed by atoms with Gasteiger partial charge in [0.05, 0.1) is 0 Å². The summed E-state index contributed by atoms with van der Waals surface area (Å²) >= 11 is 0. The topological polar surface area (TPSA) is 35.5 Å². The maximum atomic E-state index is 13.3. The molecule has 1 saturated heterocycles. The first kappa shape index (κ1) is 14.3. The molecule has 4 heteroatoms. The second-order valence-corrected chi connectivity index (χ2v) is 5.26. The molecule has 0 aromatic heterocycles. The van der Waals surface area contributed by atoms with Crippen LogP contribution in [-0.4, -0.2) is 35.7 Å². The fraction of sp³-hybridized carbons (Fsp3) is 0.600. The molecule has 0 spiro atoms. The highest BCUT2D eigenvalue weighted by atomic mass is 19.1. The van der Waals surface area contributed by atoms with Crippen molar-refractivity contribution in [1.82, 2.24) is 10.2 Å². The highest BCUT2D eigenvalue weighted by Crippen LogP contribution is 2.18. The molecule has 1 aliphatic rings. The number of phenolic OH excluding ortho intramolecular Hbond substituents is 1. The van der Waals surface area contributed by atoms with E-state index in [9.17, 15) is 9.50 Å². The number of rotatable bonds is 5. The van der Waals surface area contributed by atoms with Gasteiger partial charge in [0.15, 0.2) is 11.6 Å². The summed E-state index contributed by atoms with van der Waals surface area (Å²) in [5, 5.41) is 12.7. The van der Waals surface area contributed by atoms with Crippen LogP contribution < -0.4 is 5.32 Å². The number of halogens is 1. The molecule has 2 N–H and O–H groups in total. The number of aromatic hydroxyl groups is 1. The number of hydrogen-bond acceptors (Lipinski definition) is 3. The first-order valence-electron chi connectivity index (χ1n) is 7.12. The Balaban J connectivity index is 1.92. The van der Waals surface area contributed by atoms with Crippen LogP contribution in [0.15, 0.2) is 18.2 Å². The molecule has 1 unspecified atom stereocenters. The van der Waals surface area contributed by atoms with Gasteiger partial charge < -0.3 is 10.4 Å². The summed E-state index contributed by atoms with van der Waals surface area (Å²) in [6, 6.07) is 5.19. The summed E-state index contributed by atoms with van der Waals surface area (Å²) < 4.78 is 13.3. The van der Waals surface area contributed by atoms with Crippen LogP contribution in [0, 0.1) is 5.82 Å². The van der Waals surface area contributed by atoms with Crippen molar-refractivity contribution in [1.29, 1.82) is 0 Å². The van der Waals surface area contributed by atoms with Gasteiger partial charge >= 0.3 is 0 Å². The van der Waals surface area contributed by atoms with Crippen LogP contribution in [0.1, 0.15) is 31.7 Å². The van der Waals surface area contributed by atoms with Crippen molar-refractivity contribution in [2.24, 2.45) is 0 Å². The van der Waals surface area contributed by atoms with Gasteiger partial charge in [0.25, 0.3) is 0 Å². The van der Waals surface area contributed by atoms with Crippen LogP contribution in [0.25, 0.3) is 0 Å². The van der Waals surface area contributed by atoms with E-state index >= 15 is 0 Å². The van der Waals surface area contributed by atoms with Crippen molar-refractivity contribution in [3.63, 3.8) is 0 Å². The number of benzene rings is 1. The smallest absolute Gasteiger partial charge is 0.165 e. The van der Waals surface area contributed by atoms with Crippen LogP contribution in [0.2, 0.25) is 0 Å². The van der Waals surface area contributed by atoms with Crippen molar-refractivity contribution in [2.45, 2.75) is 38.8 Å². The van der Waals surface area contributed by atoms with Gasteiger partial charge in [0.1, 0.15) is 0 Å². The largest absolute Gasteiger partial charge is 0.505 e. The summed E-state index contributed by atoms with van der Waals surface area (Å²) in [5.74, 6) is -0.815. The fourth-order valence-electron chi connectivity index (χ4n) is 2.60. The zero-order valence-corrected chi connectivity index (χ0v) is 11.5. The fourth-order valence-corrected chi connectivity index (χ4v) is 2.60. The normalized spacial score (nSPS) is 19.8. The van der Waals surface area contributed by atoms with Gasteiger partial charge in [-0.3, -0.25) is 4.90 Å². The number of phenols is 1. The summed E-state index contributed by atoms with van der Waals surface area (Å²) in [6.07, 6.45) is 3.79. The first-order valence-corrected chi connectivity index (χ1v) is 7.12. The molecule has 3 nitrogen and oxygen atoms in total. The van der Waals surface area contributed by atoms with Crippen molar-refractivity contribution in [3.05, 3.63) is 29.6 Å². The number of nitrogens with zero attached hydrogens (tertiary/aromatic N) is 1. The second-order valence-electron chi connectivity index (χ2n) is 5.26. The zero-order chi connectivity index (χ0) is 13.7. The van der Waals surface area contributed by atoms with Crippen LogP contribution in [0.4, 0.5) is 4.39 Å². The van der Waals surface area contributed by atoms with E-state index in [1.165, 1.54) is 31.4 Å². The maximum Gasteiger partial charge on any atom is 0.165 e. The summed E-state index contributed by atoms with van der Waals surface area (Å²) in [4.78, 5) is 2.31. The first-order chi connectivity index (χ1) is 9.19. The minimum Gasteiger partial charge on any atom is -0.505 e.